The number of H-pyrrole nitrogens is 1. The lowest BCUT2D eigenvalue weighted by Gasteiger charge is -2.22. The van der Waals surface area contributed by atoms with Crippen LogP contribution in [0, 0.1) is 5.92 Å². The summed E-state index contributed by atoms with van der Waals surface area (Å²) in [5.41, 5.74) is 1.15. The summed E-state index contributed by atoms with van der Waals surface area (Å²) in [7, 11) is 0. The van der Waals surface area contributed by atoms with E-state index in [9.17, 15) is 4.79 Å². The van der Waals surface area contributed by atoms with Crippen LogP contribution in [0.4, 0.5) is 0 Å². The molecule has 16 heavy (non-hydrogen) atoms. The van der Waals surface area contributed by atoms with Gasteiger partial charge in [0.1, 0.15) is 0 Å². The van der Waals surface area contributed by atoms with Crippen molar-refractivity contribution in [3.63, 3.8) is 0 Å². The maximum Gasteiger partial charge on any atom is 0.266 e. The lowest BCUT2D eigenvalue weighted by Crippen LogP contribution is -2.29. The van der Waals surface area contributed by atoms with E-state index in [4.69, 9.17) is 0 Å². The molecular formula is C12H21N3O. The van der Waals surface area contributed by atoms with E-state index in [1.807, 2.05) is 0 Å². The fraction of sp³-hybridized carbons (Fsp3) is 0.750. The molecule has 90 valence electrons. The minimum Gasteiger partial charge on any atom is -0.317 e. The van der Waals surface area contributed by atoms with E-state index in [0.29, 0.717) is 0 Å². The van der Waals surface area contributed by atoms with Crippen molar-refractivity contribution in [1.82, 2.24) is 15.1 Å². The largest absolute Gasteiger partial charge is 0.317 e. The predicted molar refractivity (Wildman–Crippen MR) is 64.6 cm³/mol. The fourth-order valence-corrected chi connectivity index (χ4v) is 2.32. The molecule has 0 atom stereocenters. The average molecular weight is 223 g/mol. The van der Waals surface area contributed by atoms with E-state index in [0.717, 1.165) is 44.1 Å². The van der Waals surface area contributed by atoms with Gasteiger partial charge < -0.3 is 5.32 Å². The predicted octanol–water partition coefficient (Wildman–Crippen LogP) is 1.13. The van der Waals surface area contributed by atoms with E-state index in [1.54, 1.807) is 10.7 Å². The molecule has 0 aromatic carbocycles. The van der Waals surface area contributed by atoms with Crippen molar-refractivity contribution in [2.24, 2.45) is 5.92 Å². The van der Waals surface area contributed by atoms with E-state index in [1.165, 1.54) is 12.8 Å². The highest BCUT2D eigenvalue weighted by molar-refractivity contribution is 4.98. The Morgan fingerprint density at radius 1 is 1.44 bits per heavy atom. The Labute approximate surface area is 96.0 Å². The molecule has 0 unspecified atom stereocenters. The molecular weight excluding hydrogens is 202 g/mol. The molecule has 2 rings (SSSR count). The Hall–Kier alpha value is -1.03. The first-order valence-electron chi connectivity index (χ1n) is 6.29. The highest BCUT2D eigenvalue weighted by Crippen LogP contribution is 2.16. The number of aromatic amines is 1. The summed E-state index contributed by atoms with van der Waals surface area (Å²) >= 11 is 0. The molecule has 1 aliphatic heterocycles. The van der Waals surface area contributed by atoms with Gasteiger partial charge in [-0.25, -0.2) is 0 Å². The number of rotatable bonds is 4. The van der Waals surface area contributed by atoms with Gasteiger partial charge in [-0.2, -0.15) is 0 Å². The van der Waals surface area contributed by atoms with Crippen LogP contribution in [0.25, 0.3) is 0 Å². The van der Waals surface area contributed by atoms with Gasteiger partial charge in [-0.1, -0.05) is 6.92 Å². The smallest absolute Gasteiger partial charge is 0.266 e. The minimum atomic E-state index is 0.116. The van der Waals surface area contributed by atoms with Crippen LogP contribution in [0.1, 0.15) is 31.9 Å². The van der Waals surface area contributed by atoms with Crippen LogP contribution in [0.3, 0.4) is 0 Å². The monoisotopic (exact) mass is 223 g/mol. The molecule has 1 aromatic rings. The van der Waals surface area contributed by atoms with Gasteiger partial charge in [0.25, 0.3) is 5.56 Å². The molecule has 0 saturated carbocycles. The second-order valence-electron chi connectivity index (χ2n) is 4.61. The van der Waals surface area contributed by atoms with Crippen LogP contribution in [-0.4, -0.2) is 22.9 Å². The second-order valence-corrected chi connectivity index (χ2v) is 4.61. The summed E-state index contributed by atoms with van der Waals surface area (Å²) in [5.74, 6) is 0.779. The molecule has 1 fully saturated rings. The number of piperidine rings is 1. The number of nitrogens with one attached hydrogen (secondary N) is 2. The van der Waals surface area contributed by atoms with Crippen LogP contribution < -0.4 is 10.9 Å². The van der Waals surface area contributed by atoms with Crippen molar-refractivity contribution in [1.29, 1.82) is 0 Å². The number of aryl methyl sites for hydroxylation is 2. The number of hydrogen-bond acceptors (Lipinski definition) is 2. The highest BCUT2D eigenvalue weighted by atomic mass is 16.1. The standard InChI is InChI=1S/C12H21N3O/c1-2-11-9-12(16)15(14-11)8-5-10-3-6-13-7-4-10/h9-10,13-14H,2-8H2,1H3. The first-order chi connectivity index (χ1) is 7.79. The first-order valence-corrected chi connectivity index (χ1v) is 6.29. The van der Waals surface area contributed by atoms with Crippen molar-refractivity contribution in [2.75, 3.05) is 13.1 Å². The molecule has 1 saturated heterocycles. The van der Waals surface area contributed by atoms with E-state index < -0.39 is 0 Å². The van der Waals surface area contributed by atoms with Crippen LogP contribution in [-0.2, 0) is 13.0 Å². The van der Waals surface area contributed by atoms with Crippen molar-refractivity contribution in [2.45, 2.75) is 39.2 Å². The summed E-state index contributed by atoms with van der Waals surface area (Å²) < 4.78 is 1.75. The highest BCUT2D eigenvalue weighted by Gasteiger charge is 2.13. The Kier molecular flexibility index (Phi) is 3.83. The van der Waals surface area contributed by atoms with Crippen LogP contribution in [0.5, 0.6) is 0 Å². The molecule has 4 heteroatoms. The Bertz CT molecular complexity index is 374. The number of aromatic nitrogens is 2. The summed E-state index contributed by atoms with van der Waals surface area (Å²) in [4.78, 5) is 11.6. The van der Waals surface area contributed by atoms with Gasteiger partial charge in [0, 0.05) is 18.3 Å². The zero-order chi connectivity index (χ0) is 11.4. The third-order valence-corrected chi connectivity index (χ3v) is 3.44. The van der Waals surface area contributed by atoms with Gasteiger partial charge in [-0.3, -0.25) is 14.6 Å². The van der Waals surface area contributed by atoms with Crippen molar-refractivity contribution < 1.29 is 0 Å². The fourth-order valence-electron chi connectivity index (χ4n) is 2.32. The zero-order valence-corrected chi connectivity index (χ0v) is 9.96. The van der Waals surface area contributed by atoms with Gasteiger partial charge in [0.2, 0.25) is 0 Å². The van der Waals surface area contributed by atoms with Crippen LogP contribution >= 0.6 is 0 Å². The lowest BCUT2D eigenvalue weighted by molar-refractivity contribution is 0.330. The third kappa shape index (κ3) is 2.76. The second kappa shape index (κ2) is 5.34. The summed E-state index contributed by atoms with van der Waals surface area (Å²) in [6.45, 7) is 5.15. The average Bonchev–Trinajstić information content (AvgIpc) is 2.69. The first kappa shape index (κ1) is 11.5. The molecule has 0 bridgehead atoms. The number of hydrogen-bond donors (Lipinski definition) is 2. The normalized spacial score (nSPS) is 17.8. The quantitative estimate of drug-likeness (QED) is 0.804. The van der Waals surface area contributed by atoms with Gasteiger partial charge in [0.05, 0.1) is 0 Å². The Balaban J connectivity index is 1.88. The van der Waals surface area contributed by atoms with Crippen molar-refractivity contribution >= 4 is 0 Å². The molecule has 0 amide bonds. The maximum absolute atomic E-state index is 11.6. The van der Waals surface area contributed by atoms with Gasteiger partial charge in [0.15, 0.2) is 0 Å². The Morgan fingerprint density at radius 2 is 2.19 bits per heavy atom. The third-order valence-electron chi connectivity index (χ3n) is 3.44. The summed E-state index contributed by atoms with van der Waals surface area (Å²) in [5, 5.41) is 6.52. The van der Waals surface area contributed by atoms with E-state index in [2.05, 4.69) is 17.3 Å². The van der Waals surface area contributed by atoms with E-state index in [-0.39, 0.29) is 5.56 Å². The van der Waals surface area contributed by atoms with E-state index >= 15 is 0 Å². The molecule has 0 aliphatic carbocycles. The van der Waals surface area contributed by atoms with Gasteiger partial charge in [-0.05, 0) is 44.7 Å². The molecule has 4 nitrogen and oxygen atoms in total. The summed E-state index contributed by atoms with van der Waals surface area (Å²) in [6, 6.07) is 1.71. The zero-order valence-electron chi connectivity index (χ0n) is 9.96. The van der Waals surface area contributed by atoms with Crippen LogP contribution in [0.15, 0.2) is 10.9 Å². The maximum atomic E-state index is 11.6. The lowest BCUT2D eigenvalue weighted by atomic mass is 9.95. The molecule has 1 aromatic heterocycles. The van der Waals surface area contributed by atoms with Crippen molar-refractivity contribution in [3.8, 4) is 0 Å². The summed E-state index contributed by atoms with van der Waals surface area (Å²) in [6.07, 6.45) is 4.51. The van der Waals surface area contributed by atoms with Crippen LogP contribution in [0.2, 0.25) is 0 Å². The Morgan fingerprint density at radius 3 is 2.81 bits per heavy atom. The molecule has 2 heterocycles. The molecule has 0 radical (unpaired) electrons. The molecule has 2 N–H and O–H groups in total. The number of nitrogens with zero attached hydrogens (tertiary/aromatic N) is 1. The molecule has 1 aliphatic rings. The topological polar surface area (TPSA) is 49.8 Å². The molecule has 0 spiro atoms. The van der Waals surface area contributed by atoms with Gasteiger partial charge >= 0.3 is 0 Å². The van der Waals surface area contributed by atoms with Crippen molar-refractivity contribution in [3.05, 3.63) is 22.1 Å². The minimum absolute atomic E-state index is 0.116. The SMILES string of the molecule is CCc1cc(=O)n(CCC2CCNCC2)[nH]1. The van der Waals surface area contributed by atoms with Gasteiger partial charge in [-0.15, -0.1) is 0 Å².